The fourth-order valence-corrected chi connectivity index (χ4v) is 3.81. The van der Waals surface area contributed by atoms with Gasteiger partial charge in [-0.05, 0) is 48.9 Å². The van der Waals surface area contributed by atoms with Crippen LogP contribution in [0.15, 0.2) is 70.9 Å². The summed E-state index contributed by atoms with van der Waals surface area (Å²) in [5.74, 6) is -1.64. The number of methoxy groups -OCH3 is 1. The molecule has 1 N–H and O–H groups in total. The molecule has 0 bridgehead atoms. The first-order valence-corrected chi connectivity index (χ1v) is 9.62. The molecule has 1 aliphatic heterocycles. The van der Waals surface area contributed by atoms with Crippen molar-refractivity contribution in [3.05, 3.63) is 94.7 Å². The number of aliphatic hydroxyl groups excluding tert-OH is 1. The molecule has 1 amide bonds. The second-order valence-corrected chi connectivity index (χ2v) is 7.21. The topological polar surface area (TPSA) is 80.0 Å². The SMILES string of the molecule is COc1ccc(/C(O)=C2\C(=O)C(=O)N(Cc3ccco3)C2c2ccccc2F)cc1C. The lowest BCUT2D eigenvalue weighted by Crippen LogP contribution is -2.29. The summed E-state index contributed by atoms with van der Waals surface area (Å²) in [5, 5.41) is 11.1. The number of Topliss-reactive ketones (excluding diaryl/α,β-unsaturated/α-hetero) is 1. The highest BCUT2D eigenvalue weighted by Crippen LogP contribution is 2.41. The highest BCUT2D eigenvalue weighted by atomic mass is 19.1. The van der Waals surface area contributed by atoms with Gasteiger partial charge in [-0.25, -0.2) is 4.39 Å². The first kappa shape index (κ1) is 20.4. The molecule has 7 heteroatoms. The lowest BCUT2D eigenvalue weighted by atomic mass is 9.94. The molecule has 1 fully saturated rings. The molecule has 2 aromatic carbocycles. The van der Waals surface area contributed by atoms with Crippen LogP contribution in [0.3, 0.4) is 0 Å². The molecular weight excluding hydrogens is 401 g/mol. The van der Waals surface area contributed by atoms with E-state index in [0.717, 1.165) is 5.56 Å². The van der Waals surface area contributed by atoms with Gasteiger partial charge in [0.15, 0.2) is 0 Å². The number of hydrogen-bond donors (Lipinski definition) is 1. The molecular formula is C24H20FNO5. The van der Waals surface area contributed by atoms with Gasteiger partial charge >= 0.3 is 0 Å². The average Bonchev–Trinajstić information content (AvgIpc) is 3.36. The van der Waals surface area contributed by atoms with Crippen LogP contribution in [0.2, 0.25) is 0 Å². The van der Waals surface area contributed by atoms with E-state index in [2.05, 4.69) is 0 Å². The molecule has 0 aliphatic carbocycles. The van der Waals surface area contributed by atoms with Gasteiger partial charge in [-0.3, -0.25) is 9.59 Å². The highest BCUT2D eigenvalue weighted by Gasteiger charge is 2.47. The Labute approximate surface area is 178 Å². The van der Waals surface area contributed by atoms with Crippen LogP contribution in [0.5, 0.6) is 5.75 Å². The van der Waals surface area contributed by atoms with E-state index in [4.69, 9.17) is 9.15 Å². The standard InChI is InChI=1S/C24H20FNO5/c1-14-12-15(9-10-19(14)30-2)22(27)20-21(17-7-3-4-8-18(17)25)26(24(29)23(20)28)13-16-6-5-11-31-16/h3-12,21,27H,13H2,1-2H3/b22-20+. The third kappa shape index (κ3) is 3.59. The number of halogens is 1. The smallest absolute Gasteiger partial charge is 0.296 e. The van der Waals surface area contributed by atoms with Crippen molar-refractivity contribution >= 4 is 17.4 Å². The average molecular weight is 421 g/mol. The maximum absolute atomic E-state index is 14.8. The number of amides is 1. The molecule has 3 aromatic rings. The quantitative estimate of drug-likeness (QED) is 0.376. The van der Waals surface area contributed by atoms with Crippen LogP contribution in [0.25, 0.3) is 5.76 Å². The fraction of sp³-hybridized carbons (Fsp3) is 0.167. The molecule has 6 nitrogen and oxygen atoms in total. The molecule has 0 saturated carbocycles. The van der Waals surface area contributed by atoms with Crippen LogP contribution in [0.4, 0.5) is 4.39 Å². The number of ketones is 1. The number of rotatable bonds is 5. The zero-order chi connectivity index (χ0) is 22.1. The Balaban J connectivity index is 1.89. The summed E-state index contributed by atoms with van der Waals surface area (Å²) in [6.45, 7) is 1.74. The maximum Gasteiger partial charge on any atom is 0.296 e. The number of hydrogen-bond acceptors (Lipinski definition) is 5. The number of furan rings is 1. The Morgan fingerprint density at radius 2 is 1.94 bits per heavy atom. The van der Waals surface area contributed by atoms with Crippen LogP contribution in [-0.4, -0.2) is 28.8 Å². The van der Waals surface area contributed by atoms with Crippen molar-refractivity contribution in [2.45, 2.75) is 19.5 Å². The molecule has 158 valence electrons. The monoisotopic (exact) mass is 421 g/mol. The van der Waals surface area contributed by atoms with E-state index >= 15 is 0 Å². The number of likely N-dealkylation sites (tertiary alicyclic amines) is 1. The molecule has 1 aromatic heterocycles. The minimum atomic E-state index is -1.10. The summed E-state index contributed by atoms with van der Waals surface area (Å²) in [6.07, 6.45) is 1.45. The molecule has 0 radical (unpaired) electrons. The van der Waals surface area contributed by atoms with E-state index in [-0.39, 0.29) is 23.4 Å². The van der Waals surface area contributed by atoms with Gasteiger partial charge in [-0.1, -0.05) is 18.2 Å². The molecule has 1 saturated heterocycles. The molecule has 1 atom stereocenters. The van der Waals surface area contributed by atoms with Crippen molar-refractivity contribution in [3.63, 3.8) is 0 Å². The number of ether oxygens (including phenoxy) is 1. The van der Waals surface area contributed by atoms with Gasteiger partial charge < -0.3 is 19.2 Å². The largest absolute Gasteiger partial charge is 0.507 e. The summed E-state index contributed by atoms with van der Waals surface area (Å²) >= 11 is 0. The van der Waals surface area contributed by atoms with Crippen LogP contribution in [0, 0.1) is 12.7 Å². The number of nitrogens with zero attached hydrogens (tertiary/aromatic N) is 1. The summed E-state index contributed by atoms with van der Waals surface area (Å²) in [5.41, 5.74) is 1.00. The highest BCUT2D eigenvalue weighted by molar-refractivity contribution is 6.46. The Hall–Kier alpha value is -3.87. The number of aryl methyl sites for hydroxylation is 1. The molecule has 1 unspecified atom stereocenters. The van der Waals surface area contributed by atoms with Gasteiger partial charge in [0.2, 0.25) is 0 Å². The minimum Gasteiger partial charge on any atom is -0.507 e. The third-order valence-corrected chi connectivity index (χ3v) is 5.31. The van der Waals surface area contributed by atoms with Gasteiger partial charge in [-0.15, -0.1) is 0 Å². The van der Waals surface area contributed by atoms with E-state index in [9.17, 15) is 19.1 Å². The Kier molecular flexibility index (Phi) is 5.33. The van der Waals surface area contributed by atoms with Crippen molar-refractivity contribution in [1.29, 1.82) is 0 Å². The number of carbonyl (C=O) groups excluding carboxylic acids is 2. The molecule has 4 rings (SSSR count). The summed E-state index contributed by atoms with van der Waals surface area (Å²) in [6, 6.07) is 13.0. The molecule has 0 spiro atoms. The summed E-state index contributed by atoms with van der Waals surface area (Å²) in [4.78, 5) is 27.1. The fourth-order valence-electron chi connectivity index (χ4n) is 3.81. The lowest BCUT2D eigenvalue weighted by Gasteiger charge is -2.24. The van der Waals surface area contributed by atoms with Crippen LogP contribution in [0.1, 0.15) is 28.5 Å². The van der Waals surface area contributed by atoms with Gasteiger partial charge in [0, 0.05) is 11.1 Å². The van der Waals surface area contributed by atoms with Crippen molar-refractivity contribution < 1.29 is 28.2 Å². The number of aliphatic hydroxyl groups is 1. The Morgan fingerprint density at radius 3 is 2.58 bits per heavy atom. The normalized spacial score (nSPS) is 17.9. The summed E-state index contributed by atoms with van der Waals surface area (Å²) in [7, 11) is 1.53. The van der Waals surface area contributed by atoms with Crippen molar-refractivity contribution in [3.8, 4) is 5.75 Å². The van der Waals surface area contributed by atoms with E-state index in [1.54, 1.807) is 43.3 Å². The van der Waals surface area contributed by atoms with Gasteiger partial charge in [0.05, 0.1) is 31.5 Å². The maximum atomic E-state index is 14.8. The van der Waals surface area contributed by atoms with Gasteiger partial charge in [0.25, 0.3) is 11.7 Å². The second-order valence-electron chi connectivity index (χ2n) is 7.21. The lowest BCUT2D eigenvalue weighted by molar-refractivity contribution is -0.140. The van der Waals surface area contributed by atoms with Crippen molar-refractivity contribution in [1.82, 2.24) is 4.90 Å². The third-order valence-electron chi connectivity index (χ3n) is 5.31. The minimum absolute atomic E-state index is 0.0466. The van der Waals surface area contributed by atoms with Crippen molar-refractivity contribution in [2.75, 3.05) is 7.11 Å². The summed E-state index contributed by atoms with van der Waals surface area (Å²) < 4.78 is 25.3. The Bertz CT molecular complexity index is 1180. The number of carbonyl (C=O) groups is 2. The zero-order valence-corrected chi connectivity index (χ0v) is 17.0. The predicted octanol–water partition coefficient (Wildman–Crippen LogP) is 4.36. The van der Waals surface area contributed by atoms with Crippen molar-refractivity contribution in [2.24, 2.45) is 0 Å². The van der Waals surface area contributed by atoms with E-state index in [1.807, 2.05) is 0 Å². The molecule has 2 heterocycles. The second kappa shape index (κ2) is 8.10. The van der Waals surface area contributed by atoms with Crippen LogP contribution >= 0.6 is 0 Å². The molecule has 1 aliphatic rings. The zero-order valence-electron chi connectivity index (χ0n) is 17.0. The first-order chi connectivity index (χ1) is 14.9. The van der Waals surface area contributed by atoms with E-state index < -0.39 is 23.5 Å². The van der Waals surface area contributed by atoms with Gasteiger partial charge in [-0.2, -0.15) is 0 Å². The first-order valence-electron chi connectivity index (χ1n) is 9.62. The van der Waals surface area contributed by atoms with E-state index in [1.165, 1.54) is 36.5 Å². The van der Waals surface area contributed by atoms with Crippen LogP contribution in [-0.2, 0) is 16.1 Å². The molecule has 31 heavy (non-hydrogen) atoms. The predicted molar refractivity (Wildman–Crippen MR) is 111 cm³/mol. The van der Waals surface area contributed by atoms with E-state index in [0.29, 0.717) is 17.1 Å². The Morgan fingerprint density at radius 1 is 1.16 bits per heavy atom. The van der Waals surface area contributed by atoms with Gasteiger partial charge in [0.1, 0.15) is 23.1 Å². The van der Waals surface area contributed by atoms with Crippen LogP contribution < -0.4 is 4.74 Å². The number of benzene rings is 2.